The van der Waals surface area contributed by atoms with Crippen LogP contribution in [0.2, 0.25) is 0 Å². The molecule has 0 saturated carbocycles. The molecule has 2 N–H and O–H groups in total. The van der Waals surface area contributed by atoms with Crippen molar-refractivity contribution in [1.29, 1.82) is 0 Å². The van der Waals surface area contributed by atoms with Crippen molar-refractivity contribution in [2.45, 2.75) is 32.2 Å². The molecule has 1 fully saturated rings. The zero-order chi connectivity index (χ0) is 14.5. The number of hydrogen-bond acceptors (Lipinski definition) is 5. The van der Waals surface area contributed by atoms with Gasteiger partial charge in [0.25, 0.3) is 0 Å². The molecule has 1 aliphatic rings. The monoisotopic (exact) mass is 292 g/mol. The Morgan fingerprint density at radius 3 is 2.21 bits per heavy atom. The summed E-state index contributed by atoms with van der Waals surface area (Å²) in [4.78, 5) is 13.6. The van der Waals surface area contributed by atoms with Crippen LogP contribution in [0.3, 0.4) is 0 Å². The molecule has 1 saturated heterocycles. The van der Waals surface area contributed by atoms with E-state index in [1.54, 1.807) is 0 Å². The number of sulfone groups is 1. The Bertz CT molecular complexity index is 390. The predicted octanol–water partition coefficient (Wildman–Crippen LogP) is -0.0502. The number of carbonyl (C=O) groups is 1. The van der Waals surface area contributed by atoms with Crippen molar-refractivity contribution in [1.82, 2.24) is 10.2 Å². The summed E-state index contributed by atoms with van der Waals surface area (Å²) >= 11 is 0. The summed E-state index contributed by atoms with van der Waals surface area (Å²) in [6.07, 6.45) is 0.311. The van der Waals surface area contributed by atoms with E-state index in [1.807, 2.05) is 0 Å². The summed E-state index contributed by atoms with van der Waals surface area (Å²) in [7, 11) is -3.05. The first-order valence-corrected chi connectivity index (χ1v) is 8.58. The first kappa shape index (κ1) is 16.4. The van der Waals surface area contributed by atoms with Gasteiger partial charge in [-0.2, -0.15) is 0 Å². The SMILES string of the molecule is CCN(CC)CCNC1(C(=O)O)CCS(=O)(=O)CC1. The molecule has 0 spiro atoms. The highest BCUT2D eigenvalue weighted by molar-refractivity contribution is 7.91. The van der Waals surface area contributed by atoms with E-state index in [0.29, 0.717) is 6.54 Å². The topological polar surface area (TPSA) is 86.7 Å². The maximum absolute atomic E-state index is 11.4. The largest absolute Gasteiger partial charge is 0.480 e. The lowest BCUT2D eigenvalue weighted by Crippen LogP contribution is -2.57. The summed E-state index contributed by atoms with van der Waals surface area (Å²) in [5.41, 5.74) is -1.07. The molecule has 0 bridgehead atoms. The molecule has 0 radical (unpaired) electrons. The Balaban J connectivity index is 2.57. The second-order valence-electron chi connectivity index (χ2n) is 4.99. The van der Waals surface area contributed by atoms with Crippen molar-refractivity contribution in [3.8, 4) is 0 Å². The Morgan fingerprint density at radius 1 is 1.26 bits per heavy atom. The average molecular weight is 292 g/mol. The van der Waals surface area contributed by atoms with Gasteiger partial charge >= 0.3 is 5.97 Å². The molecule has 0 amide bonds. The Labute approximate surface area is 115 Å². The van der Waals surface area contributed by atoms with Crippen LogP contribution >= 0.6 is 0 Å². The van der Waals surface area contributed by atoms with Crippen molar-refractivity contribution in [2.75, 3.05) is 37.7 Å². The molecule has 0 unspecified atom stereocenters. The molecule has 7 heteroatoms. The van der Waals surface area contributed by atoms with Gasteiger partial charge in [0.15, 0.2) is 0 Å². The van der Waals surface area contributed by atoms with Gasteiger partial charge < -0.3 is 15.3 Å². The smallest absolute Gasteiger partial charge is 0.323 e. The lowest BCUT2D eigenvalue weighted by molar-refractivity contribution is -0.145. The van der Waals surface area contributed by atoms with Gasteiger partial charge in [0.1, 0.15) is 15.4 Å². The normalized spacial score (nSPS) is 21.4. The minimum Gasteiger partial charge on any atom is -0.480 e. The molecule has 19 heavy (non-hydrogen) atoms. The lowest BCUT2D eigenvalue weighted by Gasteiger charge is -2.34. The highest BCUT2D eigenvalue weighted by Crippen LogP contribution is 2.24. The summed E-state index contributed by atoms with van der Waals surface area (Å²) in [6, 6.07) is 0. The van der Waals surface area contributed by atoms with Gasteiger partial charge in [-0.15, -0.1) is 0 Å². The number of likely N-dealkylation sites (N-methyl/N-ethyl adjacent to an activating group) is 1. The molecule has 112 valence electrons. The van der Waals surface area contributed by atoms with Crippen molar-refractivity contribution in [3.05, 3.63) is 0 Å². The van der Waals surface area contributed by atoms with Crippen molar-refractivity contribution >= 4 is 15.8 Å². The van der Waals surface area contributed by atoms with Crippen molar-refractivity contribution < 1.29 is 18.3 Å². The van der Waals surface area contributed by atoms with Gasteiger partial charge in [0.2, 0.25) is 0 Å². The second kappa shape index (κ2) is 6.67. The standard InChI is InChI=1S/C12H24N2O4S/c1-3-14(4-2)8-7-13-12(11(15)16)5-9-19(17,18)10-6-12/h13H,3-10H2,1-2H3,(H,15,16). The van der Waals surface area contributed by atoms with Crippen LogP contribution in [0.15, 0.2) is 0 Å². The van der Waals surface area contributed by atoms with Crippen LogP contribution in [0, 0.1) is 0 Å². The fraction of sp³-hybridized carbons (Fsp3) is 0.917. The Morgan fingerprint density at radius 2 is 1.79 bits per heavy atom. The van der Waals surface area contributed by atoms with Crippen molar-refractivity contribution in [3.63, 3.8) is 0 Å². The van der Waals surface area contributed by atoms with Crippen LogP contribution in [-0.4, -0.2) is 67.6 Å². The predicted molar refractivity (Wildman–Crippen MR) is 74.0 cm³/mol. The molecule has 1 rings (SSSR count). The number of nitrogens with one attached hydrogen (secondary N) is 1. The summed E-state index contributed by atoms with van der Waals surface area (Å²) in [5, 5.41) is 12.4. The van der Waals surface area contributed by atoms with Crippen LogP contribution in [0.5, 0.6) is 0 Å². The summed E-state index contributed by atoms with van der Waals surface area (Å²) in [6.45, 7) is 7.30. The van der Waals surface area contributed by atoms with Gasteiger partial charge in [-0.3, -0.25) is 4.79 Å². The molecule has 6 nitrogen and oxygen atoms in total. The first-order valence-electron chi connectivity index (χ1n) is 6.76. The molecule has 0 aromatic rings. The Hall–Kier alpha value is -0.660. The van der Waals surface area contributed by atoms with E-state index in [9.17, 15) is 18.3 Å². The van der Waals surface area contributed by atoms with E-state index in [4.69, 9.17) is 0 Å². The van der Waals surface area contributed by atoms with Gasteiger partial charge in [0, 0.05) is 13.1 Å². The first-order chi connectivity index (χ1) is 8.85. The fourth-order valence-electron chi connectivity index (χ4n) is 2.35. The highest BCUT2D eigenvalue weighted by Gasteiger charge is 2.43. The third kappa shape index (κ3) is 4.43. The molecule has 1 aliphatic heterocycles. The summed E-state index contributed by atoms with van der Waals surface area (Å²) < 4.78 is 22.8. The zero-order valence-electron chi connectivity index (χ0n) is 11.7. The molecule has 0 aromatic carbocycles. The van der Waals surface area contributed by atoms with E-state index in [0.717, 1.165) is 19.6 Å². The van der Waals surface area contributed by atoms with E-state index in [1.165, 1.54) is 0 Å². The van der Waals surface area contributed by atoms with E-state index in [-0.39, 0.29) is 24.3 Å². The minimum absolute atomic E-state index is 0.0441. The van der Waals surface area contributed by atoms with E-state index < -0.39 is 21.3 Å². The number of carboxylic acid groups (broad SMARTS) is 1. The van der Waals surface area contributed by atoms with Crippen LogP contribution < -0.4 is 5.32 Å². The molecular weight excluding hydrogens is 268 g/mol. The fourth-order valence-corrected chi connectivity index (χ4v) is 3.87. The van der Waals surface area contributed by atoms with Gasteiger partial charge in [-0.1, -0.05) is 13.8 Å². The maximum Gasteiger partial charge on any atom is 0.323 e. The molecule has 1 heterocycles. The minimum atomic E-state index is -3.05. The van der Waals surface area contributed by atoms with Crippen LogP contribution in [0.4, 0.5) is 0 Å². The summed E-state index contributed by atoms with van der Waals surface area (Å²) in [5.74, 6) is -1.03. The number of carboxylic acids is 1. The molecule has 0 aliphatic carbocycles. The maximum atomic E-state index is 11.4. The van der Waals surface area contributed by atoms with Crippen molar-refractivity contribution in [2.24, 2.45) is 0 Å². The van der Waals surface area contributed by atoms with Crippen LogP contribution in [0.25, 0.3) is 0 Å². The highest BCUT2D eigenvalue weighted by atomic mass is 32.2. The molecule has 0 atom stereocenters. The van der Waals surface area contributed by atoms with E-state index >= 15 is 0 Å². The van der Waals surface area contributed by atoms with E-state index in [2.05, 4.69) is 24.1 Å². The van der Waals surface area contributed by atoms with Gasteiger partial charge in [0.05, 0.1) is 11.5 Å². The Kier molecular flexibility index (Phi) is 5.76. The quantitative estimate of drug-likeness (QED) is 0.684. The van der Waals surface area contributed by atoms with Gasteiger partial charge in [-0.25, -0.2) is 8.42 Å². The average Bonchev–Trinajstić information content (AvgIpc) is 2.36. The van der Waals surface area contributed by atoms with Gasteiger partial charge in [-0.05, 0) is 25.9 Å². The molecular formula is C12H24N2O4S. The number of nitrogens with zero attached hydrogens (tertiary/aromatic N) is 1. The molecule has 0 aromatic heterocycles. The zero-order valence-corrected chi connectivity index (χ0v) is 12.5. The number of rotatable bonds is 7. The number of aliphatic carboxylic acids is 1. The lowest BCUT2D eigenvalue weighted by atomic mass is 9.92. The third-order valence-electron chi connectivity index (χ3n) is 3.87. The third-order valence-corrected chi connectivity index (χ3v) is 5.53. The second-order valence-corrected chi connectivity index (χ2v) is 7.30. The van der Waals surface area contributed by atoms with Crippen LogP contribution in [0.1, 0.15) is 26.7 Å². The number of hydrogen-bond donors (Lipinski definition) is 2. The van der Waals surface area contributed by atoms with Crippen LogP contribution in [-0.2, 0) is 14.6 Å².